The van der Waals surface area contributed by atoms with E-state index in [4.69, 9.17) is 21.1 Å². The average molecular weight is 463 g/mol. The second-order valence-corrected chi connectivity index (χ2v) is 7.88. The molecule has 3 aromatic rings. The number of amides is 2. The molecule has 7 heteroatoms. The number of anilines is 2. The molecule has 0 fully saturated rings. The first-order valence-electron chi connectivity index (χ1n) is 10.5. The first kappa shape index (κ1) is 22.4. The number of rotatable bonds is 7. The number of hydrogen-bond acceptors (Lipinski definition) is 5. The molecule has 0 bridgehead atoms. The van der Waals surface area contributed by atoms with Crippen molar-refractivity contribution in [2.24, 2.45) is 0 Å². The summed E-state index contributed by atoms with van der Waals surface area (Å²) in [6, 6.07) is 19.3. The van der Waals surface area contributed by atoms with E-state index in [1.807, 2.05) is 13.8 Å². The maximum absolute atomic E-state index is 13.6. The van der Waals surface area contributed by atoms with E-state index in [2.05, 4.69) is 5.32 Å². The SMILES string of the molecule is CCOc1cccc(N2C(=O)C(Nc3ccc(Cl)cc3C)=C(c3ccc(OC)cc3)C2=O)c1. The molecule has 0 aliphatic carbocycles. The summed E-state index contributed by atoms with van der Waals surface area (Å²) in [4.78, 5) is 28.3. The van der Waals surface area contributed by atoms with Gasteiger partial charge < -0.3 is 14.8 Å². The Labute approximate surface area is 197 Å². The molecule has 0 atom stereocenters. The minimum absolute atomic E-state index is 0.192. The van der Waals surface area contributed by atoms with Gasteiger partial charge in [-0.2, -0.15) is 0 Å². The molecule has 0 unspecified atom stereocenters. The summed E-state index contributed by atoms with van der Waals surface area (Å²) in [5.41, 5.74) is 3.04. The lowest BCUT2D eigenvalue weighted by atomic mass is 10.0. The monoisotopic (exact) mass is 462 g/mol. The predicted octanol–water partition coefficient (Wildman–Crippen LogP) is 5.45. The Hall–Kier alpha value is -3.77. The van der Waals surface area contributed by atoms with Gasteiger partial charge in [-0.15, -0.1) is 0 Å². The molecule has 1 aliphatic rings. The van der Waals surface area contributed by atoms with Crippen molar-refractivity contribution in [3.8, 4) is 11.5 Å². The maximum Gasteiger partial charge on any atom is 0.282 e. The van der Waals surface area contributed by atoms with Gasteiger partial charge in [0.15, 0.2) is 0 Å². The van der Waals surface area contributed by atoms with Gasteiger partial charge >= 0.3 is 0 Å². The quantitative estimate of drug-likeness (QED) is 0.473. The highest BCUT2D eigenvalue weighted by Gasteiger charge is 2.40. The molecule has 0 saturated carbocycles. The number of methoxy groups -OCH3 is 1. The molecule has 1 N–H and O–H groups in total. The molecule has 0 aromatic heterocycles. The summed E-state index contributed by atoms with van der Waals surface area (Å²) in [6.45, 7) is 4.23. The van der Waals surface area contributed by atoms with Gasteiger partial charge in [-0.25, -0.2) is 4.90 Å². The molecule has 6 nitrogen and oxygen atoms in total. The van der Waals surface area contributed by atoms with Crippen LogP contribution in [0.3, 0.4) is 0 Å². The highest BCUT2D eigenvalue weighted by atomic mass is 35.5. The van der Waals surface area contributed by atoms with Gasteiger partial charge in [0.1, 0.15) is 17.2 Å². The van der Waals surface area contributed by atoms with Gasteiger partial charge in [0.05, 0.1) is 25.0 Å². The Morgan fingerprint density at radius 3 is 2.36 bits per heavy atom. The van der Waals surface area contributed by atoms with E-state index in [1.54, 1.807) is 73.8 Å². The molecule has 2 amide bonds. The zero-order chi connectivity index (χ0) is 23.5. The molecule has 4 rings (SSSR count). The minimum atomic E-state index is -0.450. The van der Waals surface area contributed by atoms with Gasteiger partial charge in [0.25, 0.3) is 11.8 Å². The smallest absolute Gasteiger partial charge is 0.282 e. The van der Waals surface area contributed by atoms with Crippen LogP contribution in [-0.2, 0) is 9.59 Å². The van der Waals surface area contributed by atoms with Crippen LogP contribution >= 0.6 is 11.6 Å². The van der Waals surface area contributed by atoms with Crippen LogP contribution in [-0.4, -0.2) is 25.5 Å². The molecular formula is C26H23ClN2O4. The molecule has 1 aliphatic heterocycles. The Bertz CT molecular complexity index is 1250. The van der Waals surface area contributed by atoms with Crippen LogP contribution in [0.2, 0.25) is 5.02 Å². The summed E-state index contributed by atoms with van der Waals surface area (Å²) in [6.07, 6.45) is 0. The molecule has 33 heavy (non-hydrogen) atoms. The van der Waals surface area contributed by atoms with Crippen LogP contribution in [0.5, 0.6) is 11.5 Å². The van der Waals surface area contributed by atoms with Crippen molar-refractivity contribution in [3.05, 3.63) is 88.6 Å². The van der Waals surface area contributed by atoms with Crippen molar-refractivity contribution in [3.63, 3.8) is 0 Å². The molecular weight excluding hydrogens is 440 g/mol. The van der Waals surface area contributed by atoms with Gasteiger partial charge in [0, 0.05) is 16.8 Å². The lowest BCUT2D eigenvalue weighted by Crippen LogP contribution is -2.32. The number of imide groups is 1. The predicted molar refractivity (Wildman–Crippen MR) is 130 cm³/mol. The fourth-order valence-corrected chi connectivity index (χ4v) is 3.91. The Balaban J connectivity index is 1.81. The van der Waals surface area contributed by atoms with E-state index in [9.17, 15) is 9.59 Å². The van der Waals surface area contributed by atoms with E-state index < -0.39 is 11.8 Å². The number of aryl methyl sites for hydroxylation is 1. The van der Waals surface area contributed by atoms with Crippen LogP contribution in [0.4, 0.5) is 11.4 Å². The molecule has 168 valence electrons. The number of nitrogens with zero attached hydrogens (tertiary/aromatic N) is 1. The van der Waals surface area contributed by atoms with E-state index >= 15 is 0 Å². The fraction of sp³-hybridized carbons (Fsp3) is 0.154. The maximum atomic E-state index is 13.6. The van der Waals surface area contributed by atoms with Crippen molar-refractivity contribution in [1.29, 1.82) is 0 Å². The van der Waals surface area contributed by atoms with Crippen molar-refractivity contribution in [2.75, 3.05) is 23.9 Å². The lowest BCUT2D eigenvalue weighted by molar-refractivity contribution is -0.120. The molecule has 0 radical (unpaired) electrons. The van der Waals surface area contributed by atoms with E-state index in [1.165, 1.54) is 0 Å². The summed E-state index contributed by atoms with van der Waals surface area (Å²) >= 11 is 6.09. The Morgan fingerprint density at radius 2 is 1.70 bits per heavy atom. The summed E-state index contributed by atoms with van der Waals surface area (Å²) in [5.74, 6) is 0.360. The Morgan fingerprint density at radius 1 is 0.939 bits per heavy atom. The van der Waals surface area contributed by atoms with Crippen molar-refractivity contribution < 1.29 is 19.1 Å². The molecule has 3 aromatic carbocycles. The number of benzene rings is 3. The lowest BCUT2D eigenvalue weighted by Gasteiger charge is -2.17. The van der Waals surface area contributed by atoms with E-state index in [0.717, 1.165) is 10.5 Å². The number of hydrogen-bond donors (Lipinski definition) is 1. The first-order valence-corrected chi connectivity index (χ1v) is 10.8. The number of carbonyl (C=O) groups excluding carboxylic acids is 2. The number of ether oxygens (including phenoxy) is 2. The average Bonchev–Trinajstić information content (AvgIpc) is 3.05. The molecule has 0 saturated heterocycles. The summed E-state index contributed by atoms with van der Waals surface area (Å²) in [5, 5.41) is 3.77. The second kappa shape index (κ2) is 9.38. The standard InChI is InChI=1S/C26H23ClN2O4/c1-4-33-21-7-5-6-19(15-21)29-25(30)23(17-8-11-20(32-3)12-9-17)24(26(29)31)28-22-13-10-18(27)14-16(22)2/h5-15,28H,4H2,1-3H3. The number of halogens is 1. The number of carbonyl (C=O) groups is 2. The van der Waals surface area contributed by atoms with Crippen LogP contribution in [0.15, 0.2) is 72.4 Å². The van der Waals surface area contributed by atoms with E-state index in [-0.39, 0.29) is 11.3 Å². The van der Waals surface area contributed by atoms with Crippen molar-refractivity contribution in [1.82, 2.24) is 0 Å². The summed E-state index contributed by atoms with van der Waals surface area (Å²) < 4.78 is 10.8. The largest absolute Gasteiger partial charge is 0.497 e. The molecule has 0 spiro atoms. The van der Waals surface area contributed by atoms with Crippen molar-refractivity contribution >= 4 is 40.4 Å². The van der Waals surface area contributed by atoms with Crippen LogP contribution in [0.25, 0.3) is 5.57 Å². The fourth-order valence-electron chi connectivity index (χ4n) is 3.69. The van der Waals surface area contributed by atoms with Crippen LogP contribution < -0.4 is 19.7 Å². The van der Waals surface area contributed by atoms with Gasteiger partial charge in [-0.05, 0) is 67.4 Å². The van der Waals surface area contributed by atoms with Crippen molar-refractivity contribution in [2.45, 2.75) is 13.8 Å². The van der Waals surface area contributed by atoms with Crippen LogP contribution in [0, 0.1) is 6.92 Å². The number of nitrogens with one attached hydrogen (secondary N) is 1. The zero-order valence-electron chi connectivity index (χ0n) is 18.5. The highest BCUT2D eigenvalue weighted by molar-refractivity contribution is 6.46. The third-order valence-corrected chi connectivity index (χ3v) is 5.53. The third-order valence-electron chi connectivity index (χ3n) is 5.30. The minimum Gasteiger partial charge on any atom is -0.497 e. The topological polar surface area (TPSA) is 67.9 Å². The highest BCUT2D eigenvalue weighted by Crippen LogP contribution is 2.36. The van der Waals surface area contributed by atoms with Gasteiger partial charge in [0.2, 0.25) is 0 Å². The van der Waals surface area contributed by atoms with Gasteiger partial charge in [-0.3, -0.25) is 9.59 Å². The normalized spacial score (nSPS) is 13.5. The van der Waals surface area contributed by atoms with Gasteiger partial charge in [-0.1, -0.05) is 29.8 Å². The first-order chi connectivity index (χ1) is 15.9. The Kier molecular flexibility index (Phi) is 6.38. The summed E-state index contributed by atoms with van der Waals surface area (Å²) in [7, 11) is 1.57. The van der Waals surface area contributed by atoms with E-state index in [0.29, 0.717) is 40.1 Å². The second-order valence-electron chi connectivity index (χ2n) is 7.44. The zero-order valence-corrected chi connectivity index (χ0v) is 19.3. The van der Waals surface area contributed by atoms with Crippen LogP contribution in [0.1, 0.15) is 18.1 Å². The molecule has 1 heterocycles. The third kappa shape index (κ3) is 4.43.